The van der Waals surface area contributed by atoms with E-state index in [0.29, 0.717) is 17.8 Å². The molecule has 5 aliphatic carbocycles. The van der Waals surface area contributed by atoms with Crippen LogP contribution in [0.3, 0.4) is 0 Å². The lowest BCUT2D eigenvalue weighted by molar-refractivity contribution is -0.472. The molecule has 10 atom stereocenters. The first kappa shape index (κ1) is 14.7. The fourth-order valence-electron chi connectivity index (χ4n) is 8.44. The number of aliphatic hydroxyl groups is 2. The minimum absolute atomic E-state index is 0.0126. The van der Waals surface area contributed by atoms with Crippen LogP contribution in [0.15, 0.2) is 12.2 Å². The fourth-order valence-corrected chi connectivity index (χ4v) is 8.44. The molecule has 3 aliphatic heterocycles. The van der Waals surface area contributed by atoms with Gasteiger partial charge in [0, 0.05) is 16.2 Å². The minimum atomic E-state index is -0.711. The van der Waals surface area contributed by atoms with Crippen LogP contribution in [-0.2, 0) is 9.47 Å². The van der Waals surface area contributed by atoms with E-state index in [1.807, 2.05) is 0 Å². The molecule has 4 nitrogen and oxygen atoms in total. The Labute approximate surface area is 143 Å². The highest BCUT2D eigenvalue weighted by atomic mass is 16.7. The van der Waals surface area contributed by atoms with Crippen LogP contribution in [-0.4, -0.2) is 35.0 Å². The van der Waals surface area contributed by atoms with Crippen LogP contribution in [0, 0.1) is 34.0 Å². The molecule has 132 valence electrons. The van der Waals surface area contributed by atoms with Crippen LogP contribution in [0.4, 0.5) is 0 Å². The van der Waals surface area contributed by atoms with Gasteiger partial charge in [0.1, 0.15) is 0 Å². The second-order valence-corrected chi connectivity index (χ2v) is 9.82. The number of aliphatic hydroxyl groups excluding tert-OH is 2. The van der Waals surface area contributed by atoms with Gasteiger partial charge in [-0.2, -0.15) is 0 Å². The van der Waals surface area contributed by atoms with Crippen LogP contribution in [0.1, 0.15) is 51.9 Å². The van der Waals surface area contributed by atoms with Gasteiger partial charge in [-0.25, -0.2) is 0 Å². The smallest absolute Gasteiger partial charge is 0.167 e. The molecule has 2 spiro atoms. The number of ether oxygens (including phenoxy) is 2. The van der Waals surface area contributed by atoms with E-state index in [0.717, 1.165) is 50.5 Å². The Bertz CT molecular complexity index is 633. The van der Waals surface area contributed by atoms with E-state index in [1.54, 1.807) is 0 Å². The van der Waals surface area contributed by atoms with E-state index >= 15 is 0 Å². The van der Waals surface area contributed by atoms with Crippen molar-refractivity contribution < 1.29 is 19.7 Å². The molecule has 3 heterocycles. The van der Waals surface area contributed by atoms with Crippen molar-refractivity contribution in [2.24, 2.45) is 34.0 Å². The normalized spacial score (nSPS) is 66.5. The standard InChI is InChI=1S/C20H28O4/c1-10-11-4-7-20(15(10)21)13(8-11)19-6-3-5-18(2)12(19)9-14(20)23-17(19)24-16(18)22/h11-17,21-22H,1,3-9H2,2H3/t11-,12+,13-,14?,15+,16?,17?,18+,19-,20+/m0/s1. The van der Waals surface area contributed by atoms with Crippen molar-refractivity contribution in [1.82, 2.24) is 0 Å². The lowest BCUT2D eigenvalue weighted by atomic mass is 9.33. The second-order valence-electron chi connectivity index (χ2n) is 9.82. The van der Waals surface area contributed by atoms with Crippen LogP contribution < -0.4 is 0 Å². The summed E-state index contributed by atoms with van der Waals surface area (Å²) in [5.74, 6) is 1.37. The van der Waals surface area contributed by atoms with E-state index in [2.05, 4.69) is 13.5 Å². The zero-order chi connectivity index (χ0) is 16.5. The number of fused-ring (bicyclic) bond motifs is 2. The Morgan fingerprint density at radius 2 is 1.88 bits per heavy atom. The van der Waals surface area contributed by atoms with Gasteiger partial charge in [-0.15, -0.1) is 0 Å². The van der Waals surface area contributed by atoms with Crippen LogP contribution in [0.25, 0.3) is 0 Å². The predicted octanol–water partition coefficient (Wildman–Crippen LogP) is 2.59. The van der Waals surface area contributed by atoms with E-state index in [1.165, 1.54) is 0 Å². The highest BCUT2D eigenvalue weighted by Gasteiger charge is 2.79. The summed E-state index contributed by atoms with van der Waals surface area (Å²) in [6.45, 7) is 6.47. The molecule has 8 rings (SSSR count). The molecule has 4 heteroatoms. The van der Waals surface area contributed by atoms with E-state index in [-0.39, 0.29) is 28.6 Å². The van der Waals surface area contributed by atoms with Crippen LogP contribution in [0.5, 0.6) is 0 Å². The monoisotopic (exact) mass is 332 g/mol. The Kier molecular flexibility index (Phi) is 2.52. The van der Waals surface area contributed by atoms with E-state index in [4.69, 9.17) is 9.47 Å². The van der Waals surface area contributed by atoms with E-state index in [9.17, 15) is 10.2 Å². The van der Waals surface area contributed by atoms with Crippen LogP contribution >= 0.6 is 0 Å². The average Bonchev–Trinajstić information content (AvgIpc) is 2.58. The summed E-state index contributed by atoms with van der Waals surface area (Å²) < 4.78 is 12.6. The summed E-state index contributed by atoms with van der Waals surface area (Å²) in [6.07, 6.45) is 6.26. The summed E-state index contributed by atoms with van der Waals surface area (Å²) in [5, 5.41) is 21.8. The van der Waals surface area contributed by atoms with Gasteiger partial charge in [0.15, 0.2) is 12.6 Å². The molecule has 0 aromatic heterocycles. The first-order valence-electron chi connectivity index (χ1n) is 9.80. The molecular formula is C20H28O4. The maximum atomic E-state index is 11.2. The van der Waals surface area contributed by atoms with Crippen molar-refractivity contribution in [3.63, 3.8) is 0 Å². The number of hydrogen-bond acceptors (Lipinski definition) is 4. The lowest BCUT2D eigenvalue weighted by Crippen LogP contribution is -2.80. The summed E-state index contributed by atoms with van der Waals surface area (Å²) in [5.41, 5.74) is 0.732. The van der Waals surface area contributed by atoms with Gasteiger partial charge >= 0.3 is 0 Å². The van der Waals surface area contributed by atoms with Crippen molar-refractivity contribution in [3.8, 4) is 0 Å². The third-order valence-corrected chi connectivity index (χ3v) is 9.49. The molecule has 5 saturated carbocycles. The molecule has 0 aromatic carbocycles. The Hall–Kier alpha value is -0.420. The quantitative estimate of drug-likeness (QED) is 0.670. The highest BCUT2D eigenvalue weighted by Crippen LogP contribution is 2.78. The van der Waals surface area contributed by atoms with Gasteiger partial charge in [-0.1, -0.05) is 19.9 Å². The molecule has 0 amide bonds. The molecule has 3 saturated heterocycles. The summed E-state index contributed by atoms with van der Waals surface area (Å²) in [7, 11) is 0. The molecular weight excluding hydrogens is 304 g/mol. The molecule has 0 aromatic rings. The highest BCUT2D eigenvalue weighted by molar-refractivity contribution is 5.31. The first-order chi connectivity index (χ1) is 11.4. The molecule has 8 aliphatic rings. The maximum absolute atomic E-state index is 11.2. The summed E-state index contributed by atoms with van der Waals surface area (Å²) in [6, 6.07) is 0. The fraction of sp³-hybridized carbons (Fsp3) is 0.900. The third-order valence-electron chi connectivity index (χ3n) is 9.49. The van der Waals surface area contributed by atoms with Gasteiger partial charge in [0.05, 0.1) is 12.2 Å². The topological polar surface area (TPSA) is 58.9 Å². The van der Waals surface area contributed by atoms with Gasteiger partial charge in [-0.05, 0) is 61.9 Å². The molecule has 2 N–H and O–H groups in total. The number of rotatable bonds is 0. The molecule has 8 fully saturated rings. The summed E-state index contributed by atoms with van der Waals surface area (Å²) >= 11 is 0. The van der Waals surface area contributed by atoms with Gasteiger partial charge in [0.25, 0.3) is 0 Å². The van der Waals surface area contributed by atoms with Crippen molar-refractivity contribution in [1.29, 1.82) is 0 Å². The Morgan fingerprint density at radius 3 is 2.71 bits per heavy atom. The Balaban J connectivity index is 1.56. The van der Waals surface area contributed by atoms with Crippen molar-refractivity contribution in [2.45, 2.75) is 76.7 Å². The molecule has 3 unspecified atom stereocenters. The second kappa shape index (κ2) is 4.11. The number of hydrogen-bond donors (Lipinski definition) is 2. The minimum Gasteiger partial charge on any atom is -0.388 e. The first-order valence-corrected chi connectivity index (χ1v) is 9.80. The molecule has 24 heavy (non-hydrogen) atoms. The molecule has 0 radical (unpaired) electrons. The third kappa shape index (κ3) is 1.25. The van der Waals surface area contributed by atoms with Gasteiger partial charge in [0.2, 0.25) is 0 Å². The average molecular weight is 332 g/mol. The van der Waals surface area contributed by atoms with Gasteiger partial charge in [-0.3, -0.25) is 0 Å². The largest absolute Gasteiger partial charge is 0.388 e. The zero-order valence-corrected chi connectivity index (χ0v) is 14.4. The van der Waals surface area contributed by atoms with Crippen LogP contribution in [0.2, 0.25) is 0 Å². The zero-order valence-electron chi connectivity index (χ0n) is 14.4. The van der Waals surface area contributed by atoms with Crippen molar-refractivity contribution in [2.75, 3.05) is 0 Å². The Morgan fingerprint density at radius 1 is 1.04 bits per heavy atom. The maximum Gasteiger partial charge on any atom is 0.167 e. The SMILES string of the molecule is C=C1[C@H]2CC[C@@]3(C4C[C@H]5[C@@]6(CCC[C@@]5(C)C(O)OC6O4)[C@@H]3C2)[C@@H]1O. The van der Waals surface area contributed by atoms with Gasteiger partial charge < -0.3 is 19.7 Å². The predicted molar refractivity (Wildman–Crippen MR) is 86.7 cm³/mol. The molecule has 7 bridgehead atoms. The van der Waals surface area contributed by atoms with E-state index < -0.39 is 12.4 Å². The van der Waals surface area contributed by atoms with Crippen molar-refractivity contribution >= 4 is 0 Å². The summed E-state index contributed by atoms with van der Waals surface area (Å²) in [4.78, 5) is 0. The lowest BCUT2D eigenvalue weighted by Gasteiger charge is -2.78. The van der Waals surface area contributed by atoms with Crippen molar-refractivity contribution in [3.05, 3.63) is 12.2 Å².